The van der Waals surface area contributed by atoms with Crippen LogP contribution >= 0.6 is 0 Å². The molecule has 192 valence electrons. The molecule has 0 N–H and O–H groups in total. The first-order valence-electron chi connectivity index (χ1n) is 14.9. The van der Waals surface area contributed by atoms with Gasteiger partial charge in [-0.15, -0.1) is 0 Å². The molecule has 34 heavy (non-hydrogen) atoms. The number of ether oxygens (including phenoxy) is 1. The Balaban J connectivity index is 1.25. The van der Waals surface area contributed by atoms with Crippen molar-refractivity contribution in [1.82, 2.24) is 0 Å². The van der Waals surface area contributed by atoms with E-state index < -0.39 is 0 Å². The number of fused-ring (bicyclic) bond motifs is 5. The number of unbranched alkanes of at least 4 members (excludes halogenated alkanes) is 9. The van der Waals surface area contributed by atoms with Crippen molar-refractivity contribution in [2.24, 2.45) is 28.6 Å². The van der Waals surface area contributed by atoms with E-state index in [1.54, 1.807) is 0 Å². The van der Waals surface area contributed by atoms with Gasteiger partial charge in [0.1, 0.15) is 5.78 Å². The third-order valence-corrected chi connectivity index (χ3v) is 10.3. The zero-order chi connectivity index (χ0) is 24.0. The van der Waals surface area contributed by atoms with Gasteiger partial charge in [-0.25, -0.2) is 0 Å². The third kappa shape index (κ3) is 5.25. The number of Topliss-reactive ketones (excluding diaryl/α,β-unsaturated/α-hetero) is 1. The minimum Gasteiger partial charge on any atom is -0.380 e. The molecule has 0 amide bonds. The fourth-order valence-corrected chi connectivity index (χ4v) is 8.24. The Bertz CT molecular complexity index is 739. The normalized spacial score (nSPS) is 35.0. The Kier molecular flexibility index (Phi) is 9.10. The molecule has 0 aromatic heterocycles. The van der Waals surface area contributed by atoms with E-state index >= 15 is 0 Å². The van der Waals surface area contributed by atoms with E-state index in [2.05, 4.69) is 13.8 Å². The first kappa shape index (κ1) is 26.1. The van der Waals surface area contributed by atoms with Crippen LogP contribution < -0.4 is 0 Å². The predicted molar refractivity (Wildman–Crippen MR) is 139 cm³/mol. The highest BCUT2D eigenvalue weighted by atomic mass is 16.5. The Morgan fingerprint density at radius 1 is 0.853 bits per heavy atom. The molecule has 3 heteroatoms. The van der Waals surface area contributed by atoms with Crippen LogP contribution in [0, 0.1) is 28.6 Å². The van der Waals surface area contributed by atoms with E-state index in [9.17, 15) is 9.59 Å². The van der Waals surface area contributed by atoms with Crippen LogP contribution in [-0.4, -0.2) is 24.8 Å². The molecule has 0 aromatic carbocycles. The summed E-state index contributed by atoms with van der Waals surface area (Å²) in [5.41, 5.74) is 1.22. The van der Waals surface area contributed by atoms with Gasteiger partial charge in [0.25, 0.3) is 0 Å². The molecule has 4 rings (SSSR count). The average Bonchev–Trinajstić information content (AvgIpc) is 3.16. The van der Waals surface area contributed by atoms with Gasteiger partial charge in [0.2, 0.25) is 0 Å². The molecular formula is C31H50O3. The van der Waals surface area contributed by atoms with Gasteiger partial charge in [-0.1, -0.05) is 83.6 Å². The largest absolute Gasteiger partial charge is 0.380 e. The van der Waals surface area contributed by atoms with Crippen LogP contribution in [0.15, 0.2) is 11.6 Å². The Labute approximate surface area is 208 Å². The number of carbonyl (C=O) groups is 2. The van der Waals surface area contributed by atoms with Gasteiger partial charge in [0, 0.05) is 18.9 Å². The Hall–Kier alpha value is -0.960. The molecule has 0 radical (unpaired) electrons. The van der Waals surface area contributed by atoms with Crippen LogP contribution in [0.5, 0.6) is 0 Å². The quantitative estimate of drug-likeness (QED) is 0.256. The van der Waals surface area contributed by atoms with Crippen molar-refractivity contribution < 1.29 is 14.3 Å². The molecule has 3 nitrogen and oxygen atoms in total. The summed E-state index contributed by atoms with van der Waals surface area (Å²) in [6, 6.07) is 0. The summed E-state index contributed by atoms with van der Waals surface area (Å²) in [5.74, 6) is 1.41. The van der Waals surface area contributed by atoms with Gasteiger partial charge in [-0.2, -0.15) is 0 Å². The highest BCUT2D eigenvalue weighted by molar-refractivity contribution is 5.96. The fourth-order valence-electron chi connectivity index (χ4n) is 8.24. The van der Waals surface area contributed by atoms with E-state index in [1.165, 1.54) is 82.6 Å². The van der Waals surface area contributed by atoms with Gasteiger partial charge in [0.05, 0.1) is 12.0 Å². The SMILES string of the molecule is CCCCCCCCCCCCOC[C@]12CC[C@H]3[C@@H](C(=O)C=C4CCCC[C@@]43C)[C@@H]1CCC2=O. The lowest BCUT2D eigenvalue weighted by Gasteiger charge is -2.55. The molecule has 3 fully saturated rings. The molecule has 0 heterocycles. The number of carbonyl (C=O) groups excluding carboxylic acids is 2. The maximum atomic E-state index is 13.4. The van der Waals surface area contributed by atoms with Crippen molar-refractivity contribution in [3.63, 3.8) is 0 Å². The molecule has 0 unspecified atom stereocenters. The summed E-state index contributed by atoms with van der Waals surface area (Å²) >= 11 is 0. The first-order valence-corrected chi connectivity index (χ1v) is 14.9. The highest BCUT2D eigenvalue weighted by Crippen LogP contribution is 2.63. The van der Waals surface area contributed by atoms with Crippen LogP contribution in [0.25, 0.3) is 0 Å². The summed E-state index contributed by atoms with van der Waals surface area (Å²) in [6.07, 6.45) is 23.6. The highest BCUT2D eigenvalue weighted by Gasteiger charge is 2.62. The van der Waals surface area contributed by atoms with E-state index in [0.717, 1.165) is 38.7 Å². The second kappa shape index (κ2) is 11.8. The van der Waals surface area contributed by atoms with Crippen LogP contribution in [0.1, 0.15) is 129 Å². The number of ketones is 2. The van der Waals surface area contributed by atoms with Gasteiger partial charge >= 0.3 is 0 Å². The number of hydrogen-bond acceptors (Lipinski definition) is 3. The molecule has 3 saturated carbocycles. The fraction of sp³-hybridized carbons (Fsp3) is 0.871. The molecule has 4 aliphatic carbocycles. The number of hydrogen-bond donors (Lipinski definition) is 0. The lowest BCUT2D eigenvalue weighted by molar-refractivity contribution is -0.146. The molecule has 5 atom stereocenters. The van der Waals surface area contributed by atoms with E-state index in [1.807, 2.05) is 6.08 Å². The maximum absolute atomic E-state index is 13.4. The zero-order valence-corrected chi connectivity index (χ0v) is 22.2. The van der Waals surface area contributed by atoms with Gasteiger partial charge in [-0.05, 0) is 68.3 Å². The molecular weight excluding hydrogens is 420 g/mol. The van der Waals surface area contributed by atoms with Crippen molar-refractivity contribution in [2.45, 2.75) is 129 Å². The van der Waals surface area contributed by atoms with E-state index in [4.69, 9.17) is 4.74 Å². The summed E-state index contributed by atoms with van der Waals surface area (Å²) < 4.78 is 6.22. The van der Waals surface area contributed by atoms with Gasteiger partial charge in [-0.3, -0.25) is 9.59 Å². The smallest absolute Gasteiger partial charge is 0.159 e. The number of allylic oxidation sites excluding steroid dienone is 2. The minimum atomic E-state index is -0.383. The summed E-state index contributed by atoms with van der Waals surface area (Å²) in [5, 5.41) is 0. The van der Waals surface area contributed by atoms with Crippen LogP contribution in [-0.2, 0) is 14.3 Å². The van der Waals surface area contributed by atoms with Crippen LogP contribution in [0.3, 0.4) is 0 Å². The van der Waals surface area contributed by atoms with Crippen molar-refractivity contribution in [3.8, 4) is 0 Å². The standard InChI is InChI=1S/C31H50O3/c1-3-4-5-6-7-8-9-10-11-14-21-34-23-31-20-18-25-29(26(31)16-17-28(31)33)27(32)22-24-15-12-13-19-30(24,25)2/h22,25-26,29H,3-21,23H2,1-2H3/t25-,26-,29+,30-,31+/m0/s1. The molecule has 4 aliphatic rings. The molecule has 0 saturated heterocycles. The molecule has 0 bridgehead atoms. The monoisotopic (exact) mass is 470 g/mol. The second-order valence-corrected chi connectivity index (χ2v) is 12.3. The third-order valence-electron chi connectivity index (χ3n) is 10.3. The summed E-state index contributed by atoms with van der Waals surface area (Å²) in [6.45, 7) is 6.02. The average molecular weight is 471 g/mol. The van der Waals surface area contributed by atoms with Crippen molar-refractivity contribution >= 4 is 11.6 Å². The van der Waals surface area contributed by atoms with Gasteiger partial charge in [0.15, 0.2) is 5.78 Å². The van der Waals surface area contributed by atoms with Crippen molar-refractivity contribution in [1.29, 1.82) is 0 Å². The Morgan fingerprint density at radius 2 is 1.56 bits per heavy atom. The lowest BCUT2D eigenvalue weighted by Crippen LogP contribution is -2.54. The predicted octanol–water partition coefficient (Wildman–Crippen LogP) is 8.01. The first-order chi connectivity index (χ1) is 16.5. The van der Waals surface area contributed by atoms with Crippen LogP contribution in [0.2, 0.25) is 0 Å². The Morgan fingerprint density at radius 3 is 2.29 bits per heavy atom. The summed E-state index contributed by atoms with van der Waals surface area (Å²) in [4.78, 5) is 26.6. The van der Waals surface area contributed by atoms with E-state index in [-0.39, 0.29) is 22.7 Å². The number of rotatable bonds is 13. The molecule has 0 aliphatic heterocycles. The second-order valence-electron chi connectivity index (χ2n) is 12.3. The van der Waals surface area contributed by atoms with Crippen molar-refractivity contribution in [2.75, 3.05) is 13.2 Å². The molecule has 0 aromatic rings. The topological polar surface area (TPSA) is 43.4 Å². The van der Waals surface area contributed by atoms with Crippen LogP contribution in [0.4, 0.5) is 0 Å². The molecule has 0 spiro atoms. The maximum Gasteiger partial charge on any atom is 0.159 e. The lowest BCUT2D eigenvalue weighted by atomic mass is 9.47. The van der Waals surface area contributed by atoms with Crippen molar-refractivity contribution in [3.05, 3.63) is 11.6 Å². The van der Waals surface area contributed by atoms with E-state index in [0.29, 0.717) is 30.5 Å². The zero-order valence-electron chi connectivity index (χ0n) is 22.2. The van der Waals surface area contributed by atoms with Gasteiger partial charge < -0.3 is 4.74 Å². The summed E-state index contributed by atoms with van der Waals surface area (Å²) in [7, 11) is 0. The minimum absolute atomic E-state index is 0.0491.